The monoisotopic (exact) mass is 176 g/mol. The minimum absolute atomic E-state index is 0.586. The predicted molar refractivity (Wildman–Crippen MR) is 42.4 cm³/mol. The third-order valence-electron chi connectivity index (χ3n) is 0.971. The Morgan fingerprint density at radius 2 is 2.12 bits per heavy atom. The van der Waals surface area contributed by atoms with E-state index in [-0.39, 0.29) is 0 Å². The summed E-state index contributed by atoms with van der Waals surface area (Å²) >= 11 is 3.49. The van der Waals surface area contributed by atoms with Gasteiger partial charge in [-0.3, -0.25) is 0 Å². The van der Waals surface area contributed by atoms with Gasteiger partial charge in [0.1, 0.15) is 0 Å². The Bertz CT molecular complexity index is 66.8. The van der Waals surface area contributed by atoms with Gasteiger partial charge < -0.3 is 0 Å². The molecule has 0 radical (unpaired) electrons. The number of alkyl halides is 1. The molecule has 0 aliphatic carbocycles. The number of hydrogen-bond donors (Lipinski definition) is 0. The zero-order valence-corrected chi connectivity index (χ0v) is 7.11. The van der Waals surface area contributed by atoms with Crippen LogP contribution in [-0.2, 0) is 0 Å². The molecule has 0 aromatic carbocycles. The second-order valence-electron chi connectivity index (χ2n) is 1.76. The lowest BCUT2D eigenvalue weighted by atomic mass is 10.3. The molecule has 0 aromatic heterocycles. The van der Waals surface area contributed by atoms with E-state index in [0.717, 1.165) is 6.42 Å². The van der Waals surface area contributed by atoms with E-state index in [1.165, 1.54) is 6.42 Å². The van der Waals surface area contributed by atoms with Crippen molar-refractivity contribution in [3.8, 4) is 0 Å². The third kappa shape index (κ3) is 4.38. The van der Waals surface area contributed by atoms with Crippen LogP contribution in [0.25, 0.3) is 0 Å². The molecule has 8 heavy (non-hydrogen) atoms. The molecule has 0 heterocycles. The van der Waals surface area contributed by atoms with E-state index in [1.807, 2.05) is 0 Å². The summed E-state index contributed by atoms with van der Waals surface area (Å²) in [6.45, 7) is 4.31. The topological polar surface area (TPSA) is 0 Å². The Kier molecular flexibility index (Phi) is 5.51. The van der Waals surface area contributed by atoms with Crippen LogP contribution in [0, 0.1) is 0 Å². The van der Waals surface area contributed by atoms with E-state index in [0.29, 0.717) is 4.83 Å². The predicted octanol–water partition coefficient (Wildman–Crippen LogP) is 3.13. The lowest BCUT2D eigenvalue weighted by Gasteiger charge is -1.94. The second-order valence-corrected chi connectivity index (χ2v) is 2.94. The van der Waals surface area contributed by atoms with Crippen molar-refractivity contribution < 1.29 is 0 Å². The summed E-state index contributed by atoms with van der Waals surface area (Å²) in [7, 11) is 0. The number of rotatable bonds is 3. The van der Waals surface area contributed by atoms with Crippen LogP contribution >= 0.6 is 15.9 Å². The van der Waals surface area contributed by atoms with Crippen LogP contribution in [0.3, 0.4) is 0 Å². The van der Waals surface area contributed by atoms with E-state index in [9.17, 15) is 0 Å². The SMILES string of the molecule is CC/C=C\C(Br)CC. The molecule has 0 amide bonds. The summed E-state index contributed by atoms with van der Waals surface area (Å²) in [6, 6.07) is 0. The van der Waals surface area contributed by atoms with E-state index in [2.05, 4.69) is 41.9 Å². The van der Waals surface area contributed by atoms with Crippen LogP contribution in [0.15, 0.2) is 12.2 Å². The second kappa shape index (κ2) is 5.36. The van der Waals surface area contributed by atoms with Crippen LogP contribution in [0.5, 0.6) is 0 Å². The molecule has 0 saturated carbocycles. The maximum Gasteiger partial charge on any atom is 0.0322 e. The highest BCUT2D eigenvalue weighted by Crippen LogP contribution is 2.05. The largest absolute Gasteiger partial charge is 0.0877 e. The zero-order valence-electron chi connectivity index (χ0n) is 5.52. The maximum absolute atomic E-state index is 3.49. The number of hydrogen-bond acceptors (Lipinski definition) is 0. The first-order valence-corrected chi connectivity index (χ1v) is 4.03. The van der Waals surface area contributed by atoms with Crippen molar-refractivity contribution in [2.24, 2.45) is 0 Å². The van der Waals surface area contributed by atoms with Crippen molar-refractivity contribution in [1.82, 2.24) is 0 Å². The Morgan fingerprint density at radius 1 is 1.50 bits per heavy atom. The van der Waals surface area contributed by atoms with Crippen molar-refractivity contribution in [2.45, 2.75) is 31.5 Å². The van der Waals surface area contributed by atoms with Gasteiger partial charge in [-0.25, -0.2) is 0 Å². The lowest BCUT2D eigenvalue weighted by molar-refractivity contribution is 0.984. The molecule has 0 nitrogen and oxygen atoms in total. The molecule has 0 saturated heterocycles. The molecule has 1 heteroatoms. The zero-order chi connectivity index (χ0) is 6.41. The Balaban J connectivity index is 3.21. The molecule has 0 bridgehead atoms. The molecule has 0 aromatic rings. The summed E-state index contributed by atoms with van der Waals surface area (Å²) in [4.78, 5) is 0.586. The standard InChI is InChI=1S/C7H13Br/c1-3-5-6-7(8)4-2/h5-7H,3-4H2,1-2H3/b6-5-. The van der Waals surface area contributed by atoms with Crippen molar-refractivity contribution in [3.63, 3.8) is 0 Å². The first kappa shape index (κ1) is 8.22. The summed E-state index contributed by atoms with van der Waals surface area (Å²) in [5.74, 6) is 0. The van der Waals surface area contributed by atoms with E-state index in [4.69, 9.17) is 0 Å². The van der Waals surface area contributed by atoms with Crippen LogP contribution in [-0.4, -0.2) is 4.83 Å². The highest BCUT2D eigenvalue weighted by atomic mass is 79.9. The van der Waals surface area contributed by atoms with Crippen molar-refractivity contribution in [2.75, 3.05) is 0 Å². The highest BCUT2D eigenvalue weighted by molar-refractivity contribution is 9.09. The molecule has 1 unspecified atom stereocenters. The van der Waals surface area contributed by atoms with Gasteiger partial charge in [0.25, 0.3) is 0 Å². The summed E-state index contributed by atoms with van der Waals surface area (Å²) in [6.07, 6.45) is 6.70. The molecule has 0 aliphatic rings. The molecular formula is C7H13Br. The molecule has 0 fully saturated rings. The van der Waals surface area contributed by atoms with Crippen molar-refractivity contribution in [1.29, 1.82) is 0 Å². The van der Waals surface area contributed by atoms with E-state index < -0.39 is 0 Å². The maximum atomic E-state index is 3.49. The van der Waals surface area contributed by atoms with Crippen LogP contribution in [0.1, 0.15) is 26.7 Å². The molecule has 0 aliphatic heterocycles. The lowest BCUT2D eigenvalue weighted by Crippen LogP contribution is -1.85. The van der Waals surface area contributed by atoms with Crippen LogP contribution < -0.4 is 0 Å². The van der Waals surface area contributed by atoms with E-state index in [1.54, 1.807) is 0 Å². The Labute approximate surface area is 60.1 Å². The van der Waals surface area contributed by atoms with Gasteiger partial charge in [0, 0.05) is 4.83 Å². The fourth-order valence-electron chi connectivity index (χ4n) is 0.420. The number of allylic oxidation sites excluding steroid dienone is 2. The first-order valence-electron chi connectivity index (χ1n) is 3.12. The summed E-state index contributed by atoms with van der Waals surface area (Å²) in [5, 5.41) is 0. The van der Waals surface area contributed by atoms with Crippen LogP contribution in [0.4, 0.5) is 0 Å². The van der Waals surface area contributed by atoms with Gasteiger partial charge in [0.2, 0.25) is 0 Å². The molecular weight excluding hydrogens is 164 g/mol. The van der Waals surface area contributed by atoms with Gasteiger partial charge in [-0.15, -0.1) is 0 Å². The average Bonchev–Trinajstić information content (AvgIpc) is 1.83. The third-order valence-corrected chi connectivity index (χ3v) is 1.92. The first-order chi connectivity index (χ1) is 3.81. The van der Waals surface area contributed by atoms with Gasteiger partial charge >= 0.3 is 0 Å². The fourth-order valence-corrected chi connectivity index (χ4v) is 0.636. The highest BCUT2D eigenvalue weighted by Gasteiger charge is 1.89. The van der Waals surface area contributed by atoms with Crippen molar-refractivity contribution in [3.05, 3.63) is 12.2 Å². The van der Waals surface area contributed by atoms with Gasteiger partial charge in [-0.2, -0.15) is 0 Å². The number of halogens is 1. The minimum Gasteiger partial charge on any atom is -0.0877 e. The van der Waals surface area contributed by atoms with E-state index >= 15 is 0 Å². The molecule has 0 spiro atoms. The summed E-state index contributed by atoms with van der Waals surface area (Å²) < 4.78 is 0. The normalized spacial score (nSPS) is 14.9. The van der Waals surface area contributed by atoms with Crippen molar-refractivity contribution >= 4 is 15.9 Å². The fraction of sp³-hybridized carbons (Fsp3) is 0.714. The molecule has 0 N–H and O–H groups in total. The quantitative estimate of drug-likeness (QED) is 0.459. The van der Waals surface area contributed by atoms with Gasteiger partial charge in [0.05, 0.1) is 0 Å². The smallest absolute Gasteiger partial charge is 0.0322 e. The van der Waals surface area contributed by atoms with Gasteiger partial charge in [0.15, 0.2) is 0 Å². The minimum atomic E-state index is 0.586. The summed E-state index contributed by atoms with van der Waals surface area (Å²) in [5.41, 5.74) is 0. The molecule has 1 atom stereocenters. The Morgan fingerprint density at radius 3 is 2.50 bits per heavy atom. The van der Waals surface area contributed by atoms with Gasteiger partial charge in [-0.1, -0.05) is 41.9 Å². The molecule has 0 rings (SSSR count). The Hall–Kier alpha value is 0.220. The van der Waals surface area contributed by atoms with Gasteiger partial charge in [-0.05, 0) is 12.8 Å². The van der Waals surface area contributed by atoms with Crippen LogP contribution in [0.2, 0.25) is 0 Å². The average molecular weight is 177 g/mol. The molecule has 48 valence electrons.